The minimum absolute atomic E-state index is 0.00142. The molecular weight excluding hydrogens is 353 g/mol. The zero-order valence-electron chi connectivity index (χ0n) is 15.6. The normalized spacial score (nSPS) is 14.6. The highest BCUT2D eigenvalue weighted by molar-refractivity contribution is 5.64. The van der Waals surface area contributed by atoms with Gasteiger partial charge in [-0.2, -0.15) is 4.98 Å². The average molecular weight is 375 g/mol. The molecule has 1 aromatic heterocycles. The Kier molecular flexibility index (Phi) is 5.38. The Morgan fingerprint density at radius 3 is 2.26 bits per heavy atom. The zero-order chi connectivity index (χ0) is 19.6. The summed E-state index contributed by atoms with van der Waals surface area (Å²) in [6, 6.07) is 6.32. The molecule has 1 aliphatic heterocycles. The zero-order valence-corrected chi connectivity index (χ0v) is 15.6. The lowest BCUT2D eigenvalue weighted by molar-refractivity contribution is -0.385. The van der Waals surface area contributed by atoms with Crippen LogP contribution in [0, 0.1) is 22.9 Å². The molecule has 0 aliphatic carbocycles. The van der Waals surface area contributed by atoms with Crippen LogP contribution in [0.25, 0.3) is 0 Å². The Labute approximate surface area is 156 Å². The maximum absolute atomic E-state index is 13.1. The molecule has 1 fully saturated rings. The van der Waals surface area contributed by atoms with E-state index >= 15 is 0 Å². The van der Waals surface area contributed by atoms with E-state index in [0.29, 0.717) is 32.0 Å². The predicted molar refractivity (Wildman–Crippen MR) is 100 cm³/mol. The molecule has 144 valence electrons. The first-order chi connectivity index (χ1) is 12.8. The van der Waals surface area contributed by atoms with Crippen LogP contribution in [0.15, 0.2) is 24.3 Å². The van der Waals surface area contributed by atoms with E-state index < -0.39 is 4.92 Å². The van der Waals surface area contributed by atoms with Gasteiger partial charge >= 0.3 is 5.69 Å². The number of ether oxygens (including phenoxy) is 1. The second kappa shape index (κ2) is 7.73. The number of aryl methyl sites for hydroxylation is 1. The fraction of sp³-hybridized carbons (Fsp3) is 0.444. The number of aromatic nitrogens is 2. The fourth-order valence-electron chi connectivity index (χ4n) is 3.04. The van der Waals surface area contributed by atoms with Gasteiger partial charge in [0, 0.05) is 31.9 Å². The minimum Gasteiger partial charge on any atom is -0.470 e. The van der Waals surface area contributed by atoms with Crippen molar-refractivity contribution in [2.24, 2.45) is 0 Å². The second-order valence-corrected chi connectivity index (χ2v) is 6.62. The molecule has 0 amide bonds. The Hall–Kier alpha value is -2.97. The standard InChI is InChI=1S/C18H22FN5O3/c1-12(2)27-18-16(24(25)26)17(20-13(3)21-18)23-10-8-22(9-11-23)15-6-4-14(19)5-7-15/h4-7,12H,8-11H2,1-3H3. The van der Waals surface area contributed by atoms with Gasteiger partial charge in [-0.25, -0.2) is 9.37 Å². The molecule has 9 heteroatoms. The highest BCUT2D eigenvalue weighted by Gasteiger charge is 2.31. The van der Waals surface area contributed by atoms with Crippen molar-refractivity contribution in [1.29, 1.82) is 0 Å². The summed E-state index contributed by atoms with van der Waals surface area (Å²) in [6.07, 6.45) is -0.235. The van der Waals surface area contributed by atoms with E-state index in [1.54, 1.807) is 32.9 Å². The number of nitrogens with zero attached hydrogens (tertiary/aromatic N) is 5. The lowest BCUT2D eigenvalue weighted by Gasteiger charge is -2.36. The molecule has 2 heterocycles. The Bertz CT molecular complexity index is 820. The summed E-state index contributed by atoms with van der Waals surface area (Å²) < 4.78 is 18.7. The van der Waals surface area contributed by atoms with Crippen LogP contribution in [-0.4, -0.2) is 47.2 Å². The summed E-state index contributed by atoms with van der Waals surface area (Å²) in [5.41, 5.74) is 0.720. The molecule has 27 heavy (non-hydrogen) atoms. The van der Waals surface area contributed by atoms with Gasteiger partial charge in [-0.1, -0.05) is 0 Å². The summed E-state index contributed by atoms with van der Waals surface area (Å²) in [5.74, 6) is 0.426. The van der Waals surface area contributed by atoms with Crippen LogP contribution in [-0.2, 0) is 0 Å². The minimum atomic E-state index is -0.487. The van der Waals surface area contributed by atoms with Crippen molar-refractivity contribution < 1.29 is 14.1 Å². The molecule has 0 spiro atoms. The third kappa shape index (κ3) is 4.24. The Morgan fingerprint density at radius 2 is 1.70 bits per heavy atom. The number of rotatable bonds is 5. The number of hydrogen-bond acceptors (Lipinski definition) is 7. The van der Waals surface area contributed by atoms with Crippen molar-refractivity contribution in [3.63, 3.8) is 0 Å². The quantitative estimate of drug-likeness (QED) is 0.587. The van der Waals surface area contributed by atoms with E-state index in [-0.39, 0.29) is 29.3 Å². The number of piperazine rings is 1. The molecule has 0 saturated carbocycles. The van der Waals surface area contributed by atoms with E-state index in [1.807, 2.05) is 4.90 Å². The van der Waals surface area contributed by atoms with Gasteiger partial charge < -0.3 is 14.5 Å². The van der Waals surface area contributed by atoms with Gasteiger partial charge in [0.1, 0.15) is 11.6 Å². The van der Waals surface area contributed by atoms with E-state index in [2.05, 4.69) is 14.9 Å². The van der Waals surface area contributed by atoms with E-state index in [9.17, 15) is 14.5 Å². The molecule has 0 atom stereocenters. The first-order valence-corrected chi connectivity index (χ1v) is 8.80. The molecule has 1 aliphatic rings. The van der Waals surface area contributed by atoms with Gasteiger partial charge in [-0.15, -0.1) is 0 Å². The molecule has 0 radical (unpaired) electrons. The lowest BCUT2D eigenvalue weighted by Crippen LogP contribution is -2.47. The van der Waals surface area contributed by atoms with Gasteiger partial charge in [0.15, 0.2) is 0 Å². The van der Waals surface area contributed by atoms with Crippen LogP contribution in [0.4, 0.5) is 21.6 Å². The highest BCUT2D eigenvalue weighted by atomic mass is 19.1. The third-order valence-corrected chi connectivity index (χ3v) is 4.25. The molecule has 2 aromatic rings. The molecular formula is C18H22FN5O3. The monoisotopic (exact) mass is 375 g/mol. The van der Waals surface area contributed by atoms with Crippen LogP contribution in [0.3, 0.4) is 0 Å². The molecule has 3 rings (SSSR count). The van der Waals surface area contributed by atoms with E-state index in [0.717, 1.165) is 5.69 Å². The maximum atomic E-state index is 13.1. The molecule has 0 unspecified atom stereocenters. The van der Waals surface area contributed by atoms with Gasteiger partial charge in [0.25, 0.3) is 5.88 Å². The number of halogens is 1. The summed E-state index contributed by atoms with van der Waals surface area (Å²) in [5, 5.41) is 11.7. The topological polar surface area (TPSA) is 84.6 Å². The van der Waals surface area contributed by atoms with Crippen molar-refractivity contribution in [2.45, 2.75) is 26.9 Å². The van der Waals surface area contributed by atoms with Crippen molar-refractivity contribution in [3.8, 4) is 5.88 Å². The SMILES string of the molecule is Cc1nc(OC(C)C)c([N+](=O)[O-])c(N2CCN(c3ccc(F)cc3)CC2)n1. The van der Waals surface area contributed by atoms with Gasteiger partial charge in [0.2, 0.25) is 5.82 Å². The fourth-order valence-corrected chi connectivity index (χ4v) is 3.04. The van der Waals surface area contributed by atoms with Crippen LogP contribution in [0.2, 0.25) is 0 Å². The summed E-state index contributed by atoms with van der Waals surface area (Å²) in [4.78, 5) is 23.6. The van der Waals surface area contributed by atoms with Gasteiger partial charge in [0.05, 0.1) is 11.0 Å². The van der Waals surface area contributed by atoms with Crippen LogP contribution in [0.5, 0.6) is 5.88 Å². The van der Waals surface area contributed by atoms with Crippen molar-refractivity contribution >= 4 is 17.2 Å². The van der Waals surface area contributed by atoms with Crippen molar-refractivity contribution in [1.82, 2.24) is 9.97 Å². The van der Waals surface area contributed by atoms with E-state index in [4.69, 9.17) is 4.74 Å². The van der Waals surface area contributed by atoms with Crippen LogP contribution in [0.1, 0.15) is 19.7 Å². The molecule has 8 nitrogen and oxygen atoms in total. The summed E-state index contributed by atoms with van der Waals surface area (Å²) >= 11 is 0. The van der Waals surface area contributed by atoms with Crippen LogP contribution >= 0.6 is 0 Å². The Balaban J connectivity index is 1.83. The van der Waals surface area contributed by atoms with Crippen molar-refractivity contribution in [2.75, 3.05) is 36.0 Å². The van der Waals surface area contributed by atoms with E-state index in [1.165, 1.54) is 12.1 Å². The molecule has 0 bridgehead atoms. The first kappa shape index (κ1) is 18.8. The maximum Gasteiger partial charge on any atom is 0.372 e. The Morgan fingerprint density at radius 1 is 1.11 bits per heavy atom. The lowest BCUT2D eigenvalue weighted by atomic mass is 10.2. The largest absolute Gasteiger partial charge is 0.470 e. The number of anilines is 2. The summed E-state index contributed by atoms with van der Waals surface area (Å²) in [7, 11) is 0. The molecule has 0 N–H and O–H groups in total. The summed E-state index contributed by atoms with van der Waals surface area (Å²) in [6.45, 7) is 7.67. The van der Waals surface area contributed by atoms with Gasteiger partial charge in [-0.3, -0.25) is 10.1 Å². The van der Waals surface area contributed by atoms with Crippen LogP contribution < -0.4 is 14.5 Å². The average Bonchev–Trinajstić information content (AvgIpc) is 2.61. The highest BCUT2D eigenvalue weighted by Crippen LogP contribution is 2.35. The smallest absolute Gasteiger partial charge is 0.372 e. The number of hydrogen-bond donors (Lipinski definition) is 0. The predicted octanol–water partition coefficient (Wildman–Crippen LogP) is 2.95. The number of nitro groups is 1. The third-order valence-electron chi connectivity index (χ3n) is 4.25. The second-order valence-electron chi connectivity index (χ2n) is 6.62. The van der Waals surface area contributed by atoms with Gasteiger partial charge in [-0.05, 0) is 45.0 Å². The van der Waals surface area contributed by atoms with Crippen molar-refractivity contribution in [3.05, 3.63) is 46.0 Å². The number of benzene rings is 1. The molecule has 1 saturated heterocycles. The molecule has 1 aromatic carbocycles. The first-order valence-electron chi connectivity index (χ1n) is 8.80.